The average molecular weight is 552 g/mol. The van der Waals surface area contributed by atoms with Crippen LogP contribution in [0.4, 0.5) is 0 Å². The van der Waals surface area contributed by atoms with Crippen LogP contribution in [0.2, 0.25) is 0 Å². The monoisotopic (exact) mass is 551 g/mol. The molecule has 0 bridgehead atoms. The zero-order valence-electron chi connectivity index (χ0n) is 22.5. The van der Waals surface area contributed by atoms with Gasteiger partial charge >= 0.3 is 0 Å². The number of carbonyl (C=O) groups excluding carboxylic acids is 4. The molecule has 5 aliphatic rings. The number of methoxy groups -OCH3 is 3. The Labute approximate surface area is 233 Å². The topological polar surface area (TPSA) is 127 Å². The second-order valence-electron chi connectivity index (χ2n) is 11.1. The second-order valence-corrected chi connectivity index (χ2v) is 11.1. The van der Waals surface area contributed by atoms with Crippen LogP contribution in [-0.2, 0) is 4.79 Å². The van der Waals surface area contributed by atoms with Crippen LogP contribution in [0.5, 0.6) is 17.2 Å². The molecule has 1 saturated heterocycles. The summed E-state index contributed by atoms with van der Waals surface area (Å²) in [4.78, 5) is 59.5. The number of amides is 1. The molecule has 2 aliphatic heterocycles. The molecule has 3 aliphatic carbocycles. The summed E-state index contributed by atoms with van der Waals surface area (Å²) in [6.07, 6.45) is 2.23. The number of ether oxygens (including phenoxy) is 3. The first kappa shape index (κ1) is 24.0. The Morgan fingerprint density at radius 2 is 1.71 bits per heavy atom. The Hall–Kier alpha value is -4.86. The van der Waals surface area contributed by atoms with Crippen molar-refractivity contribution in [1.82, 2.24) is 15.2 Å². The van der Waals surface area contributed by atoms with Crippen LogP contribution in [0.1, 0.15) is 37.6 Å². The number of H-pyrrole nitrogens is 1. The van der Waals surface area contributed by atoms with Gasteiger partial charge in [-0.15, -0.1) is 0 Å². The van der Waals surface area contributed by atoms with Crippen molar-refractivity contribution in [3.63, 3.8) is 0 Å². The van der Waals surface area contributed by atoms with Gasteiger partial charge in [-0.05, 0) is 30.0 Å². The fraction of sp³-hybridized carbons (Fsp3) is 0.290. The highest BCUT2D eigenvalue weighted by Gasteiger charge is 2.72. The van der Waals surface area contributed by atoms with E-state index in [9.17, 15) is 19.2 Å². The number of nitrogens with zero attached hydrogens (tertiary/aromatic N) is 1. The predicted octanol–water partition coefficient (Wildman–Crippen LogP) is 3.04. The van der Waals surface area contributed by atoms with Crippen LogP contribution in [0.15, 0.2) is 59.4 Å². The van der Waals surface area contributed by atoms with Gasteiger partial charge in [0.15, 0.2) is 23.1 Å². The van der Waals surface area contributed by atoms with E-state index < -0.39 is 17.4 Å². The van der Waals surface area contributed by atoms with Gasteiger partial charge in [-0.2, -0.15) is 0 Å². The summed E-state index contributed by atoms with van der Waals surface area (Å²) in [5, 5.41) is 3.83. The van der Waals surface area contributed by atoms with Crippen LogP contribution >= 0.6 is 0 Å². The third kappa shape index (κ3) is 2.81. The molecular formula is C31H25N3O7. The van der Waals surface area contributed by atoms with Gasteiger partial charge in [0.25, 0.3) is 5.91 Å². The Morgan fingerprint density at radius 3 is 2.41 bits per heavy atom. The van der Waals surface area contributed by atoms with E-state index in [1.54, 1.807) is 41.3 Å². The second kappa shape index (κ2) is 7.87. The van der Waals surface area contributed by atoms with Gasteiger partial charge in [-0.1, -0.05) is 24.3 Å². The largest absolute Gasteiger partial charge is 0.493 e. The van der Waals surface area contributed by atoms with Gasteiger partial charge in [0.05, 0.1) is 38.5 Å². The zero-order chi connectivity index (χ0) is 28.4. The van der Waals surface area contributed by atoms with Crippen LogP contribution in [0.25, 0.3) is 10.9 Å². The van der Waals surface area contributed by atoms with Crippen molar-refractivity contribution < 1.29 is 33.4 Å². The Morgan fingerprint density at radius 1 is 0.976 bits per heavy atom. The van der Waals surface area contributed by atoms with E-state index in [0.29, 0.717) is 68.5 Å². The molecule has 41 heavy (non-hydrogen) atoms. The summed E-state index contributed by atoms with van der Waals surface area (Å²) < 4.78 is 16.5. The first-order valence-corrected chi connectivity index (χ1v) is 13.4. The maximum Gasteiger partial charge on any atom is 0.274 e. The predicted molar refractivity (Wildman–Crippen MR) is 145 cm³/mol. The number of rotatable bonds is 4. The molecule has 0 radical (unpaired) electrons. The minimum atomic E-state index is -0.814. The number of allylic oxidation sites excluding steroid dienone is 2. The molecule has 206 valence electrons. The van der Waals surface area contributed by atoms with Crippen molar-refractivity contribution in [2.45, 2.75) is 12.5 Å². The number of likely N-dealkylation sites (tertiary alicyclic amines) is 1. The van der Waals surface area contributed by atoms with E-state index >= 15 is 0 Å². The number of aromatic amines is 1. The molecule has 8 rings (SSSR count). The van der Waals surface area contributed by atoms with Crippen LogP contribution < -0.4 is 19.5 Å². The maximum atomic E-state index is 14.0. The highest BCUT2D eigenvalue weighted by atomic mass is 16.5. The summed E-state index contributed by atoms with van der Waals surface area (Å²) in [5.74, 6) is -0.402. The van der Waals surface area contributed by atoms with Crippen molar-refractivity contribution in [3.05, 3.63) is 76.3 Å². The van der Waals surface area contributed by atoms with Crippen LogP contribution in [0, 0.1) is 17.3 Å². The first-order valence-electron chi connectivity index (χ1n) is 13.4. The molecule has 2 aromatic carbocycles. The lowest BCUT2D eigenvalue weighted by atomic mass is 9.70. The molecule has 1 saturated carbocycles. The van der Waals surface area contributed by atoms with Gasteiger partial charge in [-0.3, -0.25) is 19.2 Å². The van der Waals surface area contributed by atoms with Crippen LogP contribution in [0.3, 0.4) is 0 Å². The third-order valence-corrected chi connectivity index (χ3v) is 9.38. The highest BCUT2D eigenvalue weighted by Crippen LogP contribution is 2.72. The molecule has 10 nitrogen and oxygen atoms in total. The minimum Gasteiger partial charge on any atom is -0.493 e. The van der Waals surface area contributed by atoms with Crippen LogP contribution in [-0.4, -0.2) is 67.1 Å². The van der Waals surface area contributed by atoms with Crippen molar-refractivity contribution in [3.8, 4) is 17.2 Å². The van der Waals surface area contributed by atoms with E-state index in [-0.39, 0.29) is 29.2 Å². The van der Waals surface area contributed by atoms with Crippen molar-refractivity contribution in [2.75, 3.05) is 27.9 Å². The lowest BCUT2D eigenvalue weighted by Crippen LogP contribution is -2.45. The lowest BCUT2D eigenvalue weighted by Gasteiger charge is -2.32. The summed E-state index contributed by atoms with van der Waals surface area (Å²) in [6.45, 7) is 0.407. The van der Waals surface area contributed by atoms with Gasteiger partial charge < -0.3 is 29.4 Å². The molecular weight excluding hydrogens is 526 g/mol. The standard InChI is InChI=1S/C31H25N3O7/c1-39-19-9-13-8-17(32-23(13)29(41-3)28(19)40-2)30(38)34-12-14-11-31(14)20(34)10-18(35)24-22(31)21-25(33-24)27(37)16-7-5-4-6-15(16)26(21)36/h4-10,14,21,25,32-33H,11-12H2,1-3H3. The summed E-state index contributed by atoms with van der Waals surface area (Å²) in [5.41, 5.74) is 2.65. The number of piperidine rings is 1. The highest BCUT2D eigenvalue weighted by molar-refractivity contribution is 6.21. The number of hydrogen-bond donors (Lipinski definition) is 2. The molecule has 2 fully saturated rings. The van der Waals surface area contributed by atoms with Crippen molar-refractivity contribution in [1.29, 1.82) is 0 Å². The average Bonchev–Trinajstić information content (AvgIpc) is 3.29. The van der Waals surface area contributed by atoms with Crippen molar-refractivity contribution >= 4 is 34.2 Å². The Kier molecular flexibility index (Phi) is 4.60. The third-order valence-electron chi connectivity index (χ3n) is 9.38. The summed E-state index contributed by atoms with van der Waals surface area (Å²) >= 11 is 0. The molecule has 1 spiro atoms. The minimum absolute atomic E-state index is 0.0514. The molecule has 4 unspecified atom stereocenters. The van der Waals surface area contributed by atoms with Crippen molar-refractivity contribution in [2.24, 2.45) is 17.3 Å². The number of benzene rings is 2. The van der Waals surface area contributed by atoms with E-state index in [2.05, 4.69) is 10.3 Å². The fourth-order valence-electron chi connectivity index (χ4n) is 7.58. The zero-order valence-corrected chi connectivity index (χ0v) is 22.5. The number of ketones is 3. The van der Waals surface area contributed by atoms with E-state index in [4.69, 9.17) is 14.2 Å². The maximum absolute atomic E-state index is 14.0. The number of nitrogens with one attached hydrogen (secondary N) is 2. The SMILES string of the molecule is COc1cc2cc(C(=O)N3CC4CC45C3=CC(=O)C3=C5C4C(=O)c5ccccc5C(=O)C4N3)[nH]c2c(OC)c1OC. The molecule has 1 aromatic heterocycles. The number of hydrogen-bond acceptors (Lipinski definition) is 8. The van der Waals surface area contributed by atoms with Gasteiger partial charge in [0.2, 0.25) is 11.5 Å². The summed E-state index contributed by atoms with van der Waals surface area (Å²) in [7, 11) is 4.55. The molecule has 2 N–H and O–H groups in total. The molecule has 3 aromatic rings. The molecule has 10 heteroatoms. The quantitative estimate of drug-likeness (QED) is 0.507. The number of Topliss-reactive ketones (excluding diaryl/α,β-unsaturated/α-hetero) is 2. The van der Waals surface area contributed by atoms with E-state index in [0.717, 1.165) is 6.42 Å². The van der Waals surface area contributed by atoms with Gasteiger partial charge in [-0.25, -0.2) is 0 Å². The first-order chi connectivity index (χ1) is 19.8. The number of fused-ring (bicyclic) bond motifs is 4. The van der Waals surface area contributed by atoms with Gasteiger partial charge in [0, 0.05) is 40.2 Å². The van der Waals surface area contributed by atoms with E-state index in [1.807, 2.05) is 0 Å². The van der Waals surface area contributed by atoms with E-state index in [1.165, 1.54) is 27.4 Å². The molecule has 1 amide bonds. The molecule has 4 atom stereocenters. The Balaban J connectivity index is 1.19. The number of carbonyl (C=O) groups is 4. The fourth-order valence-corrected chi connectivity index (χ4v) is 7.58. The lowest BCUT2D eigenvalue weighted by molar-refractivity contribution is -0.112. The normalized spacial score (nSPS) is 27.0. The summed E-state index contributed by atoms with van der Waals surface area (Å²) in [6, 6.07) is 9.49. The molecule has 3 heterocycles. The van der Waals surface area contributed by atoms with Gasteiger partial charge in [0.1, 0.15) is 11.7 Å². The smallest absolute Gasteiger partial charge is 0.274 e. The Bertz CT molecular complexity index is 1850. The number of aromatic nitrogens is 1.